The van der Waals surface area contributed by atoms with Gasteiger partial charge in [0.1, 0.15) is 0 Å². The van der Waals surface area contributed by atoms with E-state index in [-0.39, 0.29) is 0 Å². The number of nitrogens with zero attached hydrogens (tertiary/aromatic N) is 1. The Bertz CT molecular complexity index is 2130. The van der Waals surface area contributed by atoms with Gasteiger partial charge in [-0.3, -0.25) is 4.99 Å². The lowest BCUT2D eigenvalue weighted by atomic mass is 9.84. The maximum Gasteiger partial charge on any atom is 0.0298 e. The van der Waals surface area contributed by atoms with Crippen molar-refractivity contribution < 1.29 is 0 Å². The number of rotatable bonds is 4. The number of allylic oxidation sites excluding steroid dienone is 5. The summed E-state index contributed by atoms with van der Waals surface area (Å²) in [7, 11) is 0. The molecule has 0 spiro atoms. The molecule has 6 aromatic rings. The van der Waals surface area contributed by atoms with Gasteiger partial charge in [0.15, 0.2) is 0 Å². The molecule has 0 radical (unpaired) electrons. The average molecular weight is 552 g/mol. The SMILES string of the molecule is Cc1ccc2ccc(-c3c4ccccc4c(-c4cccc(C5=CCCC(C6=CN=CCC6)=C5)c4)c4ccccc34)cc2c1. The smallest absolute Gasteiger partial charge is 0.0298 e. The summed E-state index contributed by atoms with van der Waals surface area (Å²) in [5, 5.41) is 7.72. The predicted molar refractivity (Wildman–Crippen MR) is 186 cm³/mol. The van der Waals surface area contributed by atoms with Crippen LogP contribution in [0.2, 0.25) is 0 Å². The fourth-order valence-corrected chi connectivity index (χ4v) is 7.03. The van der Waals surface area contributed by atoms with Crippen LogP contribution in [0.25, 0.3) is 60.1 Å². The standard InChI is InChI=1S/C42H33N/c1-28-18-19-29-20-21-34(26-36(29)23-28)42-39-16-4-2-14-37(39)41(38-15-3-5-17-40(38)42)33-12-7-10-31(25-33)30-9-6-11-32(24-30)35-13-8-22-43-27-35/h2-5,7,9-10,12,14-27H,6,8,11,13H2,1H3. The van der Waals surface area contributed by atoms with E-state index in [1.54, 1.807) is 0 Å². The predicted octanol–water partition coefficient (Wildman–Crippen LogP) is 11.6. The zero-order valence-electron chi connectivity index (χ0n) is 24.5. The van der Waals surface area contributed by atoms with Crippen molar-refractivity contribution in [2.24, 2.45) is 4.99 Å². The van der Waals surface area contributed by atoms with Gasteiger partial charge in [0, 0.05) is 12.4 Å². The molecule has 0 fully saturated rings. The van der Waals surface area contributed by atoms with Crippen LogP contribution in [-0.2, 0) is 0 Å². The fourth-order valence-electron chi connectivity index (χ4n) is 7.03. The van der Waals surface area contributed by atoms with Gasteiger partial charge >= 0.3 is 0 Å². The lowest BCUT2D eigenvalue weighted by Crippen LogP contribution is -1.99. The third-order valence-electron chi connectivity index (χ3n) is 9.10. The van der Waals surface area contributed by atoms with Crippen molar-refractivity contribution in [3.63, 3.8) is 0 Å². The largest absolute Gasteiger partial charge is 0.269 e. The van der Waals surface area contributed by atoms with E-state index >= 15 is 0 Å². The van der Waals surface area contributed by atoms with Crippen LogP contribution in [0.4, 0.5) is 0 Å². The Morgan fingerprint density at radius 3 is 1.88 bits per heavy atom. The topological polar surface area (TPSA) is 12.4 Å². The van der Waals surface area contributed by atoms with Gasteiger partial charge in [0.2, 0.25) is 0 Å². The summed E-state index contributed by atoms with van der Waals surface area (Å²) < 4.78 is 0. The molecular formula is C42H33N. The molecular weight excluding hydrogens is 518 g/mol. The van der Waals surface area contributed by atoms with E-state index in [2.05, 4.69) is 139 Å². The Kier molecular flexibility index (Phi) is 6.38. The number of hydrogen-bond donors (Lipinski definition) is 0. The van der Waals surface area contributed by atoms with Crippen LogP contribution in [-0.4, -0.2) is 6.21 Å². The minimum atomic E-state index is 1.03. The van der Waals surface area contributed by atoms with Crippen molar-refractivity contribution in [2.45, 2.75) is 32.6 Å². The highest BCUT2D eigenvalue weighted by atomic mass is 14.7. The van der Waals surface area contributed by atoms with Crippen molar-refractivity contribution in [1.29, 1.82) is 0 Å². The molecule has 1 heterocycles. The molecule has 0 amide bonds. The number of aryl methyl sites for hydroxylation is 1. The van der Waals surface area contributed by atoms with Crippen LogP contribution < -0.4 is 0 Å². The van der Waals surface area contributed by atoms with Crippen molar-refractivity contribution in [1.82, 2.24) is 0 Å². The quantitative estimate of drug-likeness (QED) is 0.193. The molecule has 2 aliphatic rings. The first kappa shape index (κ1) is 25.7. The molecule has 0 saturated heterocycles. The fraction of sp³-hybridized carbons (Fsp3) is 0.119. The molecule has 0 atom stereocenters. The van der Waals surface area contributed by atoms with Gasteiger partial charge in [-0.05, 0) is 122 Å². The molecule has 1 aliphatic heterocycles. The van der Waals surface area contributed by atoms with Crippen LogP contribution in [0.1, 0.15) is 36.8 Å². The lowest BCUT2D eigenvalue weighted by Gasteiger charge is -2.20. The van der Waals surface area contributed by atoms with Crippen molar-refractivity contribution in [2.75, 3.05) is 0 Å². The first-order valence-electron chi connectivity index (χ1n) is 15.4. The zero-order chi connectivity index (χ0) is 28.8. The Balaban J connectivity index is 1.32. The van der Waals surface area contributed by atoms with Crippen molar-refractivity contribution in [3.05, 3.63) is 150 Å². The second-order valence-electron chi connectivity index (χ2n) is 11.9. The molecule has 0 unspecified atom stereocenters. The molecule has 0 bridgehead atoms. The minimum absolute atomic E-state index is 1.03. The van der Waals surface area contributed by atoms with Gasteiger partial charge < -0.3 is 0 Å². The van der Waals surface area contributed by atoms with Gasteiger partial charge in [-0.15, -0.1) is 0 Å². The van der Waals surface area contributed by atoms with Gasteiger partial charge in [-0.1, -0.05) is 115 Å². The van der Waals surface area contributed by atoms with Crippen molar-refractivity contribution in [3.8, 4) is 22.3 Å². The summed E-state index contributed by atoms with van der Waals surface area (Å²) >= 11 is 0. The first-order valence-corrected chi connectivity index (χ1v) is 15.4. The van der Waals surface area contributed by atoms with Crippen LogP contribution in [0.15, 0.2) is 144 Å². The number of aliphatic imine (C=N–C) groups is 1. The van der Waals surface area contributed by atoms with E-state index in [0.717, 1.165) is 25.7 Å². The zero-order valence-corrected chi connectivity index (χ0v) is 24.5. The lowest BCUT2D eigenvalue weighted by molar-refractivity contribution is 0.912. The van der Waals surface area contributed by atoms with Gasteiger partial charge in [-0.2, -0.15) is 0 Å². The van der Waals surface area contributed by atoms with Gasteiger partial charge in [0.25, 0.3) is 0 Å². The second-order valence-corrected chi connectivity index (χ2v) is 11.9. The molecule has 0 aromatic heterocycles. The molecule has 43 heavy (non-hydrogen) atoms. The molecule has 1 nitrogen and oxygen atoms in total. The normalized spacial score (nSPS) is 15.0. The van der Waals surface area contributed by atoms with Crippen LogP contribution >= 0.6 is 0 Å². The summed E-state index contributed by atoms with van der Waals surface area (Å²) in [5.41, 5.74) is 11.8. The van der Waals surface area contributed by atoms with E-state index in [0.29, 0.717) is 0 Å². The summed E-state index contributed by atoms with van der Waals surface area (Å²) in [6.07, 6.45) is 13.2. The summed E-state index contributed by atoms with van der Waals surface area (Å²) in [5.74, 6) is 0. The second kappa shape index (κ2) is 10.7. The van der Waals surface area contributed by atoms with Crippen LogP contribution in [0.3, 0.4) is 0 Å². The highest BCUT2D eigenvalue weighted by Gasteiger charge is 2.18. The van der Waals surface area contributed by atoms with E-state index in [1.165, 1.54) is 82.4 Å². The highest BCUT2D eigenvalue weighted by molar-refractivity contribution is 6.21. The molecule has 8 rings (SSSR count). The first-order chi connectivity index (χ1) is 21.2. The van der Waals surface area contributed by atoms with E-state index in [1.807, 2.05) is 6.21 Å². The van der Waals surface area contributed by atoms with Crippen LogP contribution in [0.5, 0.6) is 0 Å². The maximum absolute atomic E-state index is 4.44. The van der Waals surface area contributed by atoms with E-state index in [4.69, 9.17) is 0 Å². The summed E-state index contributed by atoms with van der Waals surface area (Å²) in [4.78, 5) is 4.44. The maximum atomic E-state index is 4.44. The monoisotopic (exact) mass is 551 g/mol. The molecule has 0 N–H and O–H groups in total. The summed E-state index contributed by atoms with van der Waals surface area (Å²) in [6, 6.07) is 40.7. The van der Waals surface area contributed by atoms with Gasteiger partial charge in [0.05, 0.1) is 0 Å². The third kappa shape index (κ3) is 4.62. The third-order valence-corrected chi connectivity index (χ3v) is 9.10. The number of hydrogen-bond acceptors (Lipinski definition) is 1. The highest BCUT2D eigenvalue weighted by Crippen LogP contribution is 2.44. The average Bonchev–Trinajstić information content (AvgIpc) is 3.07. The number of benzene rings is 6. The molecule has 1 aliphatic carbocycles. The minimum Gasteiger partial charge on any atom is -0.269 e. The van der Waals surface area contributed by atoms with E-state index < -0.39 is 0 Å². The Labute approximate surface area is 253 Å². The van der Waals surface area contributed by atoms with Gasteiger partial charge in [-0.25, -0.2) is 0 Å². The molecule has 6 aromatic carbocycles. The number of fused-ring (bicyclic) bond motifs is 3. The Morgan fingerprint density at radius 1 is 0.535 bits per heavy atom. The Morgan fingerprint density at radius 2 is 1.19 bits per heavy atom. The molecule has 0 saturated carbocycles. The van der Waals surface area contributed by atoms with E-state index in [9.17, 15) is 0 Å². The molecule has 206 valence electrons. The van der Waals surface area contributed by atoms with Crippen LogP contribution in [0, 0.1) is 6.92 Å². The summed E-state index contributed by atoms with van der Waals surface area (Å²) in [6.45, 7) is 2.17. The Hall–Kier alpha value is -5.01. The molecule has 1 heteroatoms. The van der Waals surface area contributed by atoms with Crippen molar-refractivity contribution >= 4 is 44.1 Å².